The van der Waals surface area contributed by atoms with Crippen molar-refractivity contribution in [2.24, 2.45) is 0 Å². The fraction of sp³-hybridized carbons (Fsp3) is 0.440. The maximum absolute atomic E-state index is 13.4. The van der Waals surface area contributed by atoms with E-state index in [-0.39, 0.29) is 18.0 Å². The lowest BCUT2D eigenvalue weighted by Gasteiger charge is -2.21. The largest absolute Gasteiger partial charge is 0.492 e. The van der Waals surface area contributed by atoms with E-state index in [4.69, 9.17) is 4.74 Å². The van der Waals surface area contributed by atoms with E-state index in [1.54, 1.807) is 6.07 Å². The Labute approximate surface area is 204 Å². The molecule has 2 atom stereocenters. The molecular weight excluding hydrogens is 465 g/mol. The van der Waals surface area contributed by atoms with E-state index in [1.165, 1.54) is 19.4 Å². The highest BCUT2D eigenvalue weighted by molar-refractivity contribution is 5.94. The summed E-state index contributed by atoms with van der Waals surface area (Å²) < 4.78 is 46.2. The molecule has 0 bridgehead atoms. The minimum absolute atomic E-state index is 0. The van der Waals surface area contributed by atoms with Gasteiger partial charge in [-0.3, -0.25) is 0 Å². The highest BCUT2D eigenvalue weighted by Crippen LogP contribution is 2.36. The maximum atomic E-state index is 13.4. The fourth-order valence-electron chi connectivity index (χ4n) is 4.56. The number of nitrogens with one attached hydrogen (secondary N) is 1. The molecule has 34 heavy (non-hydrogen) atoms. The van der Waals surface area contributed by atoms with E-state index in [0.29, 0.717) is 24.0 Å². The molecule has 1 N–H and O–H groups in total. The van der Waals surface area contributed by atoms with Gasteiger partial charge < -0.3 is 15.0 Å². The quantitative estimate of drug-likeness (QED) is 0.433. The van der Waals surface area contributed by atoms with Crippen LogP contribution in [0.3, 0.4) is 0 Å². The van der Waals surface area contributed by atoms with Crippen LogP contribution >= 0.6 is 12.4 Å². The van der Waals surface area contributed by atoms with E-state index in [0.717, 1.165) is 41.2 Å². The molecule has 1 aromatic heterocycles. The molecule has 1 aliphatic heterocycles. The van der Waals surface area contributed by atoms with Crippen LogP contribution in [0.1, 0.15) is 48.2 Å². The van der Waals surface area contributed by atoms with Gasteiger partial charge in [-0.1, -0.05) is 12.1 Å². The van der Waals surface area contributed by atoms with Gasteiger partial charge >= 0.3 is 6.18 Å². The summed E-state index contributed by atoms with van der Waals surface area (Å²) in [6, 6.07) is 10.1. The van der Waals surface area contributed by atoms with Crippen molar-refractivity contribution in [1.29, 1.82) is 0 Å². The summed E-state index contributed by atoms with van der Waals surface area (Å²) in [4.78, 5) is 2.31. The maximum Gasteiger partial charge on any atom is 0.416 e. The zero-order valence-electron chi connectivity index (χ0n) is 19.7. The molecule has 0 aliphatic carbocycles. The number of hydrogen-bond donors (Lipinski definition) is 1. The average Bonchev–Trinajstić information content (AvgIpc) is 3.18. The van der Waals surface area contributed by atoms with Gasteiger partial charge in [-0.25, -0.2) is 0 Å². The molecule has 0 unspecified atom stereocenters. The number of anilines is 1. The summed E-state index contributed by atoms with van der Waals surface area (Å²) in [5, 5.41) is 13.6. The van der Waals surface area contributed by atoms with Gasteiger partial charge in [0, 0.05) is 16.8 Å². The van der Waals surface area contributed by atoms with Gasteiger partial charge in [0.1, 0.15) is 12.4 Å². The van der Waals surface area contributed by atoms with Crippen molar-refractivity contribution in [1.82, 2.24) is 15.1 Å². The standard InChI is InChI=1S/C25H29F3N4O.ClH/c1-15-20(8-5-9-23(15)25(26,27)28)16(2)29-24-22-13-19(10-11-21(22)17(3)30-31-24)33-14-18-7-6-12-32(18)4;/h5,8-11,13,16,18H,6-7,12,14H2,1-4H3,(H,29,31);1H/t16-,18-;/m1./s1. The molecule has 9 heteroatoms. The number of aromatic nitrogens is 2. The second-order valence-corrected chi connectivity index (χ2v) is 8.81. The second-order valence-electron chi connectivity index (χ2n) is 8.81. The van der Waals surface area contributed by atoms with Crippen LogP contribution in [-0.4, -0.2) is 41.3 Å². The Kier molecular flexibility index (Phi) is 7.93. The number of fused-ring (bicyclic) bond motifs is 1. The van der Waals surface area contributed by atoms with Crippen LogP contribution in [0.15, 0.2) is 36.4 Å². The van der Waals surface area contributed by atoms with Crippen LogP contribution in [0.5, 0.6) is 5.75 Å². The molecule has 4 rings (SSSR count). The first-order valence-electron chi connectivity index (χ1n) is 11.2. The summed E-state index contributed by atoms with van der Waals surface area (Å²) in [6.07, 6.45) is -2.09. The summed E-state index contributed by atoms with van der Waals surface area (Å²) in [6.45, 7) is 6.91. The minimum Gasteiger partial charge on any atom is -0.492 e. The number of benzene rings is 2. The van der Waals surface area contributed by atoms with Gasteiger partial charge in [0.05, 0.1) is 17.3 Å². The van der Waals surface area contributed by atoms with Crippen molar-refractivity contribution in [3.63, 3.8) is 0 Å². The third kappa shape index (κ3) is 5.39. The number of nitrogens with zero attached hydrogens (tertiary/aromatic N) is 3. The lowest BCUT2D eigenvalue weighted by Crippen LogP contribution is -2.30. The van der Waals surface area contributed by atoms with E-state index in [1.807, 2.05) is 32.0 Å². The van der Waals surface area contributed by atoms with Gasteiger partial charge in [0.15, 0.2) is 5.82 Å². The van der Waals surface area contributed by atoms with Gasteiger partial charge in [0.2, 0.25) is 0 Å². The molecule has 5 nitrogen and oxygen atoms in total. The molecule has 0 amide bonds. The first-order chi connectivity index (χ1) is 15.6. The molecule has 0 radical (unpaired) electrons. The number of ether oxygens (including phenoxy) is 1. The molecule has 2 heterocycles. The number of likely N-dealkylation sites (tertiary alicyclic amines) is 1. The lowest BCUT2D eigenvalue weighted by molar-refractivity contribution is -0.138. The van der Waals surface area contributed by atoms with Gasteiger partial charge in [-0.15, -0.1) is 17.5 Å². The third-order valence-electron chi connectivity index (χ3n) is 6.55. The van der Waals surface area contributed by atoms with Crippen molar-refractivity contribution in [3.8, 4) is 5.75 Å². The van der Waals surface area contributed by atoms with Gasteiger partial charge in [-0.05, 0) is 82.6 Å². The summed E-state index contributed by atoms with van der Waals surface area (Å²) in [5.74, 6) is 1.25. The van der Waals surface area contributed by atoms with Crippen LogP contribution in [0, 0.1) is 13.8 Å². The van der Waals surface area contributed by atoms with E-state index in [2.05, 4.69) is 27.5 Å². The average molecular weight is 495 g/mol. The molecule has 0 saturated carbocycles. The number of alkyl halides is 3. The Hall–Kier alpha value is -2.58. The Morgan fingerprint density at radius 2 is 1.91 bits per heavy atom. The Bertz CT molecular complexity index is 1150. The minimum atomic E-state index is -4.39. The van der Waals surface area contributed by atoms with Crippen molar-refractivity contribution in [2.75, 3.05) is 25.5 Å². The predicted molar refractivity (Wildman–Crippen MR) is 131 cm³/mol. The zero-order chi connectivity index (χ0) is 23.8. The van der Waals surface area contributed by atoms with Crippen LogP contribution in [0.2, 0.25) is 0 Å². The Balaban J connectivity index is 0.00000324. The topological polar surface area (TPSA) is 50.3 Å². The van der Waals surface area contributed by atoms with E-state index < -0.39 is 17.8 Å². The van der Waals surface area contributed by atoms with Crippen LogP contribution < -0.4 is 10.1 Å². The first-order valence-corrected chi connectivity index (χ1v) is 11.2. The van der Waals surface area contributed by atoms with Crippen molar-refractivity contribution >= 4 is 29.0 Å². The molecule has 1 saturated heterocycles. The highest BCUT2D eigenvalue weighted by Gasteiger charge is 2.33. The Morgan fingerprint density at radius 1 is 1.15 bits per heavy atom. The molecule has 1 aliphatic rings. The van der Waals surface area contributed by atoms with Crippen molar-refractivity contribution in [2.45, 2.75) is 51.9 Å². The van der Waals surface area contributed by atoms with Crippen LogP contribution in [0.4, 0.5) is 19.0 Å². The zero-order valence-corrected chi connectivity index (χ0v) is 20.6. The number of aryl methyl sites for hydroxylation is 1. The first kappa shape index (κ1) is 26.0. The number of halogens is 4. The van der Waals surface area contributed by atoms with E-state index in [9.17, 15) is 13.2 Å². The van der Waals surface area contributed by atoms with Gasteiger partial charge in [0.25, 0.3) is 0 Å². The van der Waals surface area contributed by atoms with Gasteiger partial charge in [-0.2, -0.15) is 18.3 Å². The van der Waals surface area contributed by atoms with E-state index >= 15 is 0 Å². The molecular formula is C25H30ClF3N4O. The normalized spacial score (nSPS) is 17.4. The predicted octanol–water partition coefficient (Wildman–Crippen LogP) is 6.33. The van der Waals surface area contributed by atoms with Crippen LogP contribution in [0.25, 0.3) is 10.8 Å². The number of hydrogen-bond acceptors (Lipinski definition) is 5. The Morgan fingerprint density at radius 3 is 2.59 bits per heavy atom. The van der Waals surface area contributed by atoms with Crippen LogP contribution in [-0.2, 0) is 6.18 Å². The monoisotopic (exact) mass is 494 g/mol. The smallest absolute Gasteiger partial charge is 0.416 e. The molecule has 0 spiro atoms. The number of rotatable bonds is 6. The molecule has 184 valence electrons. The summed E-state index contributed by atoms with van der Waals surface area (Å²) in [5.41, 5.74) is 0.928. The highest BCUT2D eigenvalue weighted by atomic mass is 35.5. The third-order valence-corrected chi connectivity index (χ3v) is 6.55. The molecule has 3 aromatic rings. The fourth-order valence-corrected chi connectivity index (χ4v) is 4.56. The van der Waals surface area contributed by atoms with Crippen molar-refractivity contribution in [3.05, 3.63) is 58.8 Å². The van der Waals surface area contributed by atoms with Crippen molar-refractivity contribution < 1.29 is 17.9 Å². The molecule has 2 aromatic carbocycles. The summed E-state index contributed by atoms with van der Waals surface area (Å²) in [7, 11) is 2.11. The summed E-state index contributed by atoms with van der Waals surface area (Å²) >= 11 is 0. The lowest BCUT2D eigenvalue weighted by atomic mass is 9.97. The SMILES string of the molecule is Cc1c([C@@H](C)Nc2nnc(C)c3ccc(OC[C@H]4CCCN4C)cc23)cccc1C(F)(F)F.Cl. The second kappa shape index (κ2) is 10.4. The molecule has 1 fully saturated rings. The number of likely N-dealkylation sites (N-methyl/N-ethyl adjacent to an activating group) is 1.